The summed E-state index contributed by atoms with van der Waals surface area (Å²) in [5.41, 5.74) is 1.62. The molecule has 0 saturated heterocycles. The van der Waals surface area contributed by atoms with Crippen LogP contribution in [0.1, 0.15) is 29.7 Å². The minimum atomic E-state index is -0.819. The summed E-state index contributed by atoms with van der Waals surface area (Å²) < 4.78 is 0.664. The van der Waals surface area contributed by atoms with Crippen LogP contribution in [0, 0.1) is 0 Å². The average molecular weight is 338 g/mol. The molecule has 0 spiro atoms. The van der Waals surface area contributed by atoms with Crippen LogP contribution < -0.4 is 5.32 Å². The first-order valence-electron chi connectivity index (χ1n) is 6.82. The van der Waals surface area contributed by atoms with Crippen LogP contribution in [0.2, 0.25) is 4.34 Å². The van der Waals surface area contributed by atoms with E-state index in [1.165, 1.54) is 11.3 Å². The molecule has 1 aromatic heterocycles. The van der Waals surface area contributed by atoms with Crippen molar-refractivity contribution in [2.45, 2.75) is 25.7 Å². The number of aryl methyl sites for hydroxylation is 1. The summed E-state index contributed by atoms with van der Waals surface area (Å²) in [7, 11) is 0. The van der Waals surface area contributed by atoms with Gasteiger partial charge in [-0.1, -0.05) is 23.7 Å². The summed E-state index contributed by atoms with van der Waals surface area (Å²) in [5.74, 6) is -1.19. The van der Waals surface area contributed by atoms with Crippen LogP contribution in [0.15, 0.2) is 36.4 Å². The molecular formula is C16H16ClNO3S. The number of carboxylic acid groups (broad SMARTS) is 1. The number of carbonyl (C=O) groups is 2. The van der Waals surface area contributed by atoms with Crippen LogP contribution in [-0.2, 0) is 16.0 Å². The maximum absolute atomic E-state index is 12.2. The number of anilines is 1. The molecule has 0 aliphatic carbocycles. The number of thiophene rings is 1. The van der Waals surface area contributed by atoms with Gasteiger partial charge in [-0.05, 0) is 43.2 Å². The minimum absolute atomic E-state index is 0.0991. The molecule has 1 atom stereocenters. The highest BCUT2D eigenvalue weighted by Crippen LogP contribution is 2.28. The van der Waals surface area contributed by atoms with Crippen molar-refractivity contribution in [3.8, 4) is 0 Å². The molecule has 116 valence electrons. The Labute approximate surface area is 137 Å². The van der Waals surface area contributed by atoms with E-state index < -0.39 is 5.97 Å². The van der Waals surface area contributed by atoms with Gasteiger partial charge in [0.1, 0.15) is 0 Å². The molecule has 0 fully saturated rings. The van der Waals surface area contributed by atoms with E-state index in [0.717, 1.165) is 10.4 Å². The van der Waals surface area contributed by atoms with E-state index in [4.69, 9.17) is 16.7 Å². The van der Waals surface area contributed by atoms with E-state index in [-0.39, 0.29) is 18.2 Å². The Balaban J connectivity index is 1.95. The molecule has 2 N–H and O–H groups in total. The number of hydrogen-bond acceptors (Lipinski definition) is 3. The van der Waals surface area contributed by atoms with Gasteiger partial charge in [0.2, 0.25) is 5.91 Å². The number of hydrogen-bond donors (Lipinski definition) is 2. The normalized spacial score (nSPS) is 11.9. The highest BCUT2D eigenvalue weighted by Gasteiger charge is 2.17. The number of nitrogens with one attached hydrogen (secondary N) is 1. The van der Waals surface area contributed by atoms with E-state index in [1.54, 1.807) is 18.2 Å². The van der Waals surface area contributed by atoms with E-state index in [9.17, 15) is 9.59 Å². The third kappa shape index (κ3) is 4.58. The lowest BCUT2D eigenvalue weighted by atomic mass is 10.1. The fraction of sp³-hybridized carbons (Fsp3) is 0.250. The molecule has 6 heteroatoms. The molecule has 2 rings (SSSR count). The highest BCUT2D eigenvalue weighted by atomic mass is 35.5. The molecule has 0 saturated carbocycles. The summed E-state index contributed by atoms with van der Waals surface area (Å²) in [6, 6.07) is 10.8. The Morgan fingerprint density at radius 3 is 2.45 bits per heavy atom. The predicted molar refractivity (Wildman–Crippen MR) is 88.8 cm³/mol. The number of aliphatic carboxylic acids is 1. The molecule has 1 unspecified atom stereocenters. The summed E-state index contributed by atoms with van der Waals surface area (Å²) in [6.45, 7) is 1.83. The van der Waals surface area contributed by atoms with Crippen LogP contribution >= 0.6 is 22.9 Å². The second-order valence-electron chi connectivity index (χ2n) is 4.94. The molecule has 0 aliphatic heterocycles. The predicted octanol–water partition coefficient (Wildman–Crippen LogP) is 4.16. The fourth-order valence-electron chi connectivity index (χ4n) is 1.95. The Morgan fingerprint density at radius 1 is 1.23 bits per heavy atom. The summed E-state index contributed by atoms with van der Waals surface area (Å²) in [5, 5.41) is 11.5. The van der Waals surface area contributed by atoms with Crippen LogP contribution in [-0.4, -0.2) is 17.0 Å². The van der Waals surface area contributed by atoms with Gasteiger partial charge in [-0.3, -0.25) is 9.59 Å². The van der Waals surface area contributed by atoms with Crippen molar-refractivity contribution >= 4 is 40.5 Å². The van der Waals surface area contributed by atoms with Crippen molar-refractivity contribution in [1.82, 2.24) is 0 Å². The van der Waals surface area contributed by atoms with Gasteiger partial charge >= 0.3 is 5.97 Å². The first kappa shape index (κ1) is 16.5. The minimum Gasteiger partial charge on any atom is -0.481 e. The third-order valence-electron chi connectivity index (χ3n) is 3.26. The van der Waals surface area contributed by atoms with Gasteiger partial charge in [0.05, 0.1) is 10.3 Å². The monoisotopic (exact) mass is 337 g/mol. The fourth-order valence-corrected chi connectivity index (χ4v) is 3.06. The lowest BCUT2D eigenvalue weighted by molar-refractivity contribution is -0.137. The highest BCUT2D eigenvalue weighted by molar-refractivity contribution is 7.16. The Bertz CT molecular complexity index is 666. The van der Waals surface area contributed by atoms with Gasteiger partial charge < -0.3 is 10.4 Å². The lowest BCUT2D eigenvalue weighted by Crippen LogP contribution is -2.18. The molecule has 0 bridgehead atoms. The number of rotatable bonds is 6. The number of carbonyl (C=O) groups excluding carboxylic acids is 1. The molecule has 1 heterocycles. The molecule has 1 aromatic carbocycles. The SMILES string of the molecule is CC(C(=O)Nc1ccc(CCC(=O)O)cc1)c1ccc(Cl)s1. The Hall–Kier alpha value is -1.85. The molecule has 0 aliphatic rings. The van der Waals surface area contributed by atoms with Crippen molar-refractivity contribution in [3.63, 3.8) is 0 Å². The summed E-state index contributed by atoms with van der Waals surface area (Å²) in [4.78, 5) is 23.6. The molecular weight excluding hydrogens is 322 g/mol. The van der Waals surface area contributed by atoms with Gasteiger partial charge in [0.25, 0.3) is 0 Å². The zero-order valence-corrected chi connectivity index (χ0v) is 13.6. The van der Waals surface area contributed by atoms with Crippen molar-refractivity contribution < 1.29 is 14.7 Å². The van der Waals surface area contributed by atoms with E-state index in [0.29, 0.717) is 16.4 Å². The second kappa shape index (κ2) is 7.42. The van der Waals surface area contributed by atoms with E-state index >= 15 is 0 Å². The van der Waals surface area contributed by atoms with Crippen LogP contribution in [0.4, 0.5) is 5.69 Å². The largest absolute Gasteiger partial charge is 0.481 e. The van der Waals surface area contributed by atoms with Gasteiger partial charge in [-0.25, -0.2) is 0 Å². The van der Waals surface area contributed by atoms with E-state index in [1.807, 2.05) is 25.1 Å². The average Bonchev–Trinajstić information content (AvgIpc) is 2.92. The molecule has 2 aromatic rings. The zero-order valence-electron chi connectivity index (χ0n) is 12.0. The lowest BCUT2D eigenvalue weighted by Gasteiger charge is -2.11. The zero-order chi connectivity index (χ0) is 16.1. The van der Waals surface area contributed by atoms with E-state index in [2.05, 4.69) is 5.32 Å². The standard InChI is InChI=1S/C16H16ClNO3S/c1-10(13-7-8-14(17)22-13)16(21)18-12-5-2-11(3-6-12)4-9-15(19)20/h2-3,5-8,10H,4,9H2,1H3,(H,18,21)(H,19,20). The van der Waals surface area contributed by atoms with Gasteiger partial charge in [0.15, 0.2) is 0 Å². The first-order valence-corrected chi connectivity index (χ1v) is 8.02. The molecule has 4 nitrogen and oxygen atoms in total. The van der Waals surface area contributed by atoms with Crippen molar-refractivity contribution in [3.05, 3.63) is 51.2 Å². The first-order chi connectivity index (χ1) is 10.5. The van der Waals surface area contributed by atoms with Gasteiger partial charge in [-0.2, -0.15) is 0 Å². The molecule has 0 radical (unpaired) electrons. The van der Waals surface area contributed by atoms with Crippen LogP contribution in [0.25, 0.3) is 0 Å². The summed E-state index contributed by atoms with van der Waals surface area (Å²) >= 11 is 7.28. The number of carboxylic acids is 1. The van der Waals surface area contributed by atoms with Crippen LogP contribution in [0.5, 0.6) is 0 Å². The second-order valence-corrected chi connectivity index (χ2v) is 6.69. The maximum Gasteiger partial charge on any atom is 0.303 e. The molecule has 22 heavy (non-hydrogen) atoms. The Kier molecular flexibility index (Phi) is 5.57. The Morgan fingerprint density at radius 2 is 1.91 bits per heavy atom. The maximum atomic E-state index is 12.2. The third-order valence-corrected chi connectivity index (χ3v) is 4.68. The topological polar surface area (TPSA) is 66.4 Å². The number of benzene rings is 1. The molecule has 1 amide bonds. The van der Waals surface area contributed by atoms with Gasteiger partial charge in [-0.15, -0.1) is 11.3 Å². The van der Waals surface area contributed by atoms with Crippen LogP contribution in [0.3, 0.4) is 0 Å². The summed E-state index contributed by atoms with van der Waals surface area (Å²) in [6.07, 6.45) is 0.579. The number of halogens is 1. The quantitative estimate of drug-likeness (QED) is 0.831. The van der Waals surface area contributed by atoms with Crippen molar-refractivity contribution in [2.75, 3.05) is 5.32 Å². The van der Waals surface area contributed by atoms with Gasteiger partial charge in [0, 0.05) is 17.0 Å². The van der Waals surface area contributed by atoms with Crippen molar-refractivity contribution in [1.29, 1.82) is 0 Å². The van der Waals surface area contributed by atoms with Crippen molar-refractivity contribution in [2.24, 2.45) is 0 Å². The number of amides is 1. The smallest absolute Gasteiger partial charge is 0.303 e.